The highest BCUT2D eigenvalue weighted by molar-refractivity contribution is 5.95. The van der Waals surface area contributed by atoms with E-state index in [0.29, 0.717) is 5.56 Å². The van der Waals surface area contributed by atoms with Crippen molar-refractivity contribution in [2.24, 2.45) is 0 Å². The molecule has 0 saturated heterocycles. The second-order valence-corrected chi connectivity index (χ2v) is 4.51. The van der Waals surface area contributed by atoms with Crippen LogP contribution in [0.4, 0.5) is 5.69 Å². The van der Waals surface area contributed by atoms with E-state index < -0.39 is 16.4 Å². The molecule has 0 aliphatic carbocycles. The number of nitrogens with zero attached hydrogens (tertiary/aromatic N) is 2. The maximum absolute atomic E-state index is 11.9. The molecule has 0 saturated carbocycles. The summed E-state index contributed by atoms with van der Waals surface area (Å²) in [4.78, 5) is 22.0. The van der Waals surface area contributed by atoms with Crippen molar-refractivity contribution in [3.05, 3.63) is 39.4 Å². The summed E-state index contributed by atoms with van der Waals surface area (Å²) in [6.45, 7) is 4.77. The highest BCUT2D eigenvalue weighted by atomic mass is 16.6. The number of benzene rings is 1. The van der Waals surface area contributed by atoms with Crippen molar-refractivity contribution in [3.8, 4) is 6.07 Å². The first-order valence-electron chi connectivity index (χ1n) is 5.25. The Labute approximate surface area is 104 Å². The molecule has 1 aromatic carbocycles. The van der Waals surface area contributed by atoms with Gasteiger partial charge in [0.2, 0.25) is 0 Å². The number of carbonyl (C=O) groups is 1. The van der Waals surface area contributed by atoms with Crippen molar-refractivity contribution in [3.63, 3.8) is 0 Å². The molecule has 0 radical (unpaired) electrons. The van der Waals surface area contributed by atoms with Crippen LogP contribution < -0.4 is 5.32 Å². The number of nitriles is 1. The minimum absolute atomic E-state index is 0.144. The van der Waals surface area contributed by atoms with Crippen LogP contribution in [0, 0.1) is 28.4 Å². The third-order valence-corrected chi connectivity index (χ3v) is 2.24. The first-order chi connectivity index (χ1) is 8.25. The van der Waals surface area contributed by atoms with Crippen LogP contribution in [0.25, 0.3) is 0 Å². The molecule has 0 aliphatic heterocycles. The van der Waals surface area contributed by atoms with E-state index >= 15 is 0 Å². The molecule has 1 amide bonds. The summed E-state index contributed by atoms with van der Waals surface area (Å²) >= 11 is 0. The predicted molar refractivity (Wildman–Crippen MR) is 65.0 cm³/mol. The molecule has 1 aromatic rings. The van der Waals surface area contributed by atoms with E-state index in [2.05, 4.69) is 5.32 Å². The van der Waals surface area contributed by atoms with Gasteiger partial charge in [0.1, 0.15) is 5.54 Å². The van der Waals surface area contributed by atoms with E-state index in [0.717, 1.165) is 0 Å². The number of amides is 1. The molecule has 0 unspecified atom stereocenters. The lowest BCUT2D eigenvalue weighted by Crippen LogP contribution is -2.42. The largest absolute Gasteiger partial charge is 0.334 e. The zero-order valence-electron chi connectivity index (χ0n) is 10.4. The van der Waals surface area contributed by atoms with Crippen molar-refractivity contribution in [1.29, 1.82) is 5.26 Å². The molecule has 0 fully saturated rings. The molecule has 0 atom stereocenters. The van der Waals surface area contributed by atoms with Crippen LogP contribution in [-0.4, -0.2) is 16.4 Å². The number of nitrogens with one attached hydrogen (secondary N) is 1. The van der Waals surface area contributed by atoms with Gasteiger partial charge in [0.15, 0.2) is 0 Å². The molecule has 0 spiro atoms. The molecule has 1 N–H and O–H groups in total. The Kier molecular flexibility index (Phi) is 3.67. The zero-order valence-corrected chi connectivity index (χ0v) is 10.4. The fourth-order valence-corrected chi connectivity index (χ4v) is 1.38. The number of carbonyl (C=O) groups excluding carboxylic acids is 1. The van der Waals surface area contributed by atoms with Gasteiger partial charge in [-0.25, -0.2) is 0 Å². The Balaban J connectivity index is 3.08. The zero-order chi connectivity index (χ0) is 13.9. The molecule has 0 heterocycles. The van der Waals surface area contributed by atoms with Gasteiger partial charge in [0.05, 0.1) is 11.0 Å². The Morgan fingerprint density at radius 2 is 2.06 bits per heavy atom. The Morgan fingerprint density at radius 1 is 1.44 bits per heavy atom. The van der Waals surface area contributed by atoms with Gasteiger partial charge < -0.3 is 5.32 Å². The van der Waals surface area contributed by atoms with E-state index in [9.17, 15) is 14.9 Å². The van der Waals surface area contributed by atoms with Crippen molar-refractivity contribution >= 4 is 11.6 Å². The van der Waals surface area contributed by atoms with Gasteiger partial charge in [0, 0.05) is 17.7 Å². The first-order valence-corrected chi connectivity index (χ1v) is 5.25. The summed E-state index contributed by atoms with van der Waals surface area (Å²) in [6.07, 6.45) is 0. The van der Waals surface area contributed by atoms with Crippen LogP contribution in [0.5, 0.6) is 0 Å². The maximum Gasteiger partial charge on any atom is 0.270 e. The van der Waals surface area contributed by atoms with Crippen LogP contribution in [0.2, 0.25) is 0 Å². The van der Waals surface area contributed by atoms with Gasteiger partial charge in [-0.2, -0.15) is 5.26 Å². The molecule has 94 valence electrons. The van der Waals surface area contributed by atoms with Crippen LogP contribution in [-0.2, 0) is 0 Å². The summed E-state index contributed by atoms with van der Waals surface area (Å²) in [5.41, 5.74) is -0.376. The summed E-state index contributed by atoms with van der Waals surface area (Å²) < 4.78 is 0. The van der Waals surface area contributed by atoms with Crippen LogP contribution in [0.1, 0.15) is 29.8 Å². The molecule has 1 rings (SSSR count). The topological polar surface area (TPSA) is 96.0 Å². The van der Waals surface area contributed by atoms with Gasteiger partial charge in [0.25, 0.3) is 11.6 Å². The SMILES string of the molecule is Cc1cc(C(=O)NC(C)(C)C#N)cc([N+](=O)[O-])c1. The van der Waals surface area contributed by atoms with E-state index in [4.69, 9.17) is 5.26 Å². The average molecular weight is 247 g/mol. The highest BCUT2D eigenvalue weighted by Gasteiger charge is 2.21. The quantitative estimate of drug-likeness (QED) is 0.652. The molecule has 18 heavy (non-hydrogen) atoms. The van der Waals surface area contributed by atoms with E-state index in [1.54, 1.807) is 20.8 Å². The van der Waals surface area contributed by atoms with Crippen molar-refractivity contribution in [2.45, 2.75) is 26.3 Å². The van der Waals surface area contributed by atoms with Crippen LogP contribution in [0.3, 0.4) is 0 Å². The van der Waals surface area contributed by atoms with Gasteiger partial charge in [-0.05, 0) is 32.4 Å². The summed E-state index contributed by atoms with van der Waals surface area (Å²) in [5.74, 6) is -0.506. The lowest BCUT2D eigenvalue weighted by atomic mass is 10.1. The van der Waals surface area contributed by atoms with Crippen molar-refractivity contribution in [2.75, 3.05) is 0 Å². The van der Waals surface area contributed by atoms with Gasteiger partial charge in [-0.1, -0.05) is 0 Å². The summed E-state index contributed by atoms with van der Waals surface area (Å²) in [5, 5.41) is 22.0. The predicted octanol–water partition coefficient (Wildman–Crippen LogP) is 1.94. The van der Waals surface area contributed by atoms with E-state index in [1.165, 1.54) is 18.2 Å². The number of aryl methyl sites for hydroxylation is 1. The fourth-order valence-electron chi connectivity index (χ4n) is 1.38. The standard InChI is InChI=1S/C12H13N3O3/c1-8-4-9(6-10(5-8)15(17)18)11(16)14-12(2,3)7-13/h4-6H,1-3H3,(H,14,16). The molecular weight excluding hydrogens is 234 g/mol. The number of non-ortho nitro benzene ring substituents is 1. The number of rotatable bonds is 3. The second kappa shape index (κ2) is 4.84. The number of nitro benzene ring substituents is 1. The third kappa shape index (κ3) is 3.28. The molecule has 0 bridgehead atoms. The minimum Gasteiger partial charge on any atom is -0.334 e. The average Bonchev–Trinajstić information content (AvgIpc) is 2.27. The monoisotopic (exact) mass is 247 g/mol. The lowest BCUT2D eigenvalue weighted by Gasteiger charge is -2.17. The van der Waals surface area contributed by atoms with Gasteiger partial charge >= 0.3 is 0 Å². The van der Waals surface area contributed by atoms with E-state index in [-0.39, 0.29) is 11.3 Å². The molecular formula is C12H13N3O3. The van der Waals surface area contributed by atoms with Gasteiger partial charge in [-0.15, -0.1) is 0 Å². The molecule has 0 aliphatic rings. The van der Waals surface area contributed by atoms with E-state index in [1.807, 2.05) is 6.07 Å². The first kappa shape index (κ1) is 13.6. The number of hydrogen-bond donors (Lipinski definition) is 1. The van der Waals surface area contributed by atoms with Gasteiger partial charge in [-0.3, -0.25) is 14.9 Å². The number of nitro groups is 1. The van der Waals surface area contributed by atoms with Crippen LogP contribution >= 0.6 is 0 Å². The summed E-state index contributed by atoms with van der Waals surface area (Å²) in [6, 6.07) is 6.04. The second-order valence-electron chi connectivity index (χ2n) is 4.51. The Hall–Kier alpha value is -2.42. The van der Waals surface area contributed by atoms with Crippen molar-refractivity contribution in [1.82, 2.24) is 5.32 Å². The third-order valence-electron chi connectivity index (χ3n) is 2.24. The minimum atomic E-state index is -1.02. The summed E-state index contributed by atoms with van der Waals surface area (Å²) in [7, 11) is 0. The number of hydrogen-bond acceptors (Lipinski definition) is 4. The normalized spacial score (nSPS) is 10.6. The Morgan fingerprint density at radius 3 is 2.56 bits per heavy atom. The fraction of sp³-hybridized carbons (Fsp3) is 0.333. The molecule has 0 aromatic heterocycles. The Bertz CT molecular complexity index is 544. The smallest absolute Gasteiger partial charge is 0.270 e. The van der Waals surface area contributed by atoms with Crippen LogP contribution in [0.15, 0.2) is 18.2 Å². The molecule has 6 heteroatoms. The molecule has 6 nitrogen and oxygen atoms in total. The van der Waals surface area contributed by atoms with Crippen molar-refractivity contribution < 1.29 is 9.72 Å². The highest BCUT2D eigenvalue weighted by Crippen LogP contribution is 2.17. The lowest BCUT2D eigenvalue weighted by molar-refractivity contribution is -0.384. The maximum atomic E-state index is 11.9.